The zero-order valence-corrected chi connectivity index (χ0v) is 19.1. The Morgan fingerprint density at radius 2 is 2.15 bits per heavy atom. The van der Waals surface area contributed by atoms with E-state index in [9.17, 15) is 0 Å². The summed E-state index contributed by atoms with van der Waals surface area (Å²) in [7, 11) is 0. The van der Waals surface area contributed by atoms with Gasteiger partial charge in [-0.3, -0.25) is 4.99 Å². The molecule has 5 rings (SSSR count). The molecular formula is C26H29N6O+. The Morgan fingerprint density at radius 1 is 1.21 bits per heavy atom. The number of fused-ring (bicyclic) bond motifs is 2. The van der Waals surface area contributed by atoms with Crippen molar-refractivity contribution >= 4 is 29.5 Å². The van der Waals surface area contributed by atoms with Crippen LogP contribution >= 0.6 is 0 Å². The number of nitrogens with one attached hydrogen (secondary N) is 2. The van der Waals surface area contributed by atoms with E-state index < -0.39 is 0 Å². The largest absolute Gasteiger partial charge is 0.492 e. The first-order valence-electron chi connectivity index (χ1n) is 11.6. The molecule has 0 amide bonds. The van der Waals surface area contributed by atoms with Crippen molar-refractivity contribution in [1.29, 1.82) is 0 Å². The lowest BCUT2D eigenvalue weighted by Crippen LogP contribution is -2.21. The Labute approximate surface area is 193 Å². The van der Waals surface area contributed by atoms with Gasteiger partial charge >= 0.3 is 0 Å². The molecule has 168 valence electrons. The molecule has 0 fully saturated rings. The fraction of sp³-hybridized carbons (Fsp3) is 0.308. The van der Waals surface area contributed by atoms with E-state index in [4.69, 9.17) is 4.74 Å². The predicted octanol–water partition coefficient (Wildman–Crippen LogP) is 4.93. The fourth-order valence-electron chi connectivity index (χ4n) is 4.35. The van der Waals surface area contributed by atoms with Crippen LogP contribution in [0.5, 0.6) is 5.75 Å². The first-order valence-corrected chi connectivity index (χ1v) is 11.6. The smallest absolute Gasteiger partial charge is 0.202 e. The highest BCUT2D eigenvalue weighted by Crippen LogP contribution is 2.31. The van der Waals surface area contributed by atoms with Crippen LogP contribution in [0.25, 0.3) is 22.3 Å². The van der Waals surface area contributed by atoms with Crippen molar-refractivity contribution in [2.45, 2.75) is 33.2 Å². The molecule has 0 spiro atoms. The van der Waals surface area contributed by atoms with Gasteiger partial charge < -0.3 is 15.0 Å². The molecular weight excluding hydrogens is 412 g/mol. The average molecular weight is 442 g/mol. The zero-order valence-electron chi connectivity index (χ0n) is 19.1. The minimum absolute atomic E-state index is 0.341. The maximum absolute atomic E-state index is 6.08. The summed E-state index contributed by atoms with van der Waals surface area (Å²) < 4.78 is 8.44. The third-order valence-corrected chi connectivity index (χ3v) is 6.03. The molecule has 0 saturated heterocycles. The molecule has 0 bridgehead atoms. The Hall–Kier alpha value is -3.74. The number of imidazole rings is 1. The lowest BCUT2D eigenvalue weighted by molar-refractivity contribution is -0.497. The summed E-state index contributed by atoms with van der Waals surface area (Å²) in [5.74, 6) is 2.02. The van der Waals surface area contributed by atoms with E-state index in [2.05, 4.69) is 79.4 Å². The first-order chi connectivity index (χ1) is 16.2. The number of aromatic amines is 1. The summed E-state index contributed by atoms with van der Waals surface area (Å²) in [6.07, 6.45) is 14.1. The van der Waals surface area contributed by atoms with Gasteiger partial charge in [-0.15, -0.1) is 0 Å². The highest BCUT2D eigenvalue weighted by Gasteiger charge is 2.25. The monoisotopic (exact) mass is 441 g/mol. The van der Waals surface area contributed by atoms with Crippen molar-refractivity contribution < 1.29 is 9.31 Å². The van der Waals surface area contributed by atoms with Crippen LogP contribution in [0.15, 0.2) is 59.5 Å². The number of pyridine rings is 1. The molecule has 33 heavy (non-hydrogen) atoms. The van der Waals surface area contributed by atoms with E-state index in [0.717, 1.165) is 59.8 Å². The van der Waals surface area contributed by atoms with Gasteiger partial charge in [-0.25, -0.2) is 9.56 Å². The Bertz CT molecular complexity index is 1280. The minimum atomic E-state index is 0.341. The third-order valence-electron chi connectivity index (χ3n) is 6.03. The van der Waals surface area contributed by atoms with Crippen LogP contribution in [0.4, 0.5) is 5.95 Å². The fourth-order valence-corrected chi connectivity index (χ4v) is 4.35. The predicted molar refractivity (Wildman–Crippen MR) is 133 cm³/mol. The van der Waals surface area contributed by atoms with Crippen LogP contribution in [0.3, 0.4) is 0 Å². The van der Waals surface area contributed by atoms with E-state index in [0.29, 0.717) is 18.2 Å². The van der Waals surface area contributed by atoms with Crippen molar-refractivity contribution in [3.63, 3.8) is 0 Å². The number of nitrogens with zero attached hydrogens (tertiary/aromatic N) is 4. The van der Waals surface area contributed by atoms with Crippen molar-refractivity contribution in [3.8, 4) is 16.9 Å². The van der Waals surface area contributed by atoms with Gasteiger partial charge in [0.1, 0.15) is 12.0 Å². The molecule has 1 aromatic carbocycles. The molecule has 7 heteroatoms. The zero-order chi connectivity index (χ0) is 22.6. The number of aliphatic imine (C=N–C) groups is 1. The number of hydrogen-bond donors (Lipinski definition) is 2. The van der Waals surface area contributed by atoms with Crippen LogP contribution in [0.2, 0.25) is 0 Å². The maximum atomic E-state index is 6.08. The summed E-state index contributed by atoms with van der Waals surface area (Å²) in [5.41, 5.74) is 6.21. The minimum Gasteiger partial charge on any atom is -0.492 e. The molecule has 7 nitrogen and oxygen atoms in total. The van der Waals surface area contributed by atoms with E-state index in [1.54, 1.807) is 0 Å². The standard InChI is InChI=1S/C26H29N6O/c1-3-18-8-10-27-11-9-23(18)32-12-5-13-33-24-7-6-19(14-21(24)17-32)20-15-22-25(29-16-20)31-26(30-22)28-4-2/h6-12,14-16,18H,3-5,13,17H2,1-2H3,(H2,28,29,30,31)/q+1. The van der Waals surface area contributed by atoms with Gasteiger partial charge in [0.05, 0.1) is 30.0 Å². The second kappa shape index (κ2) is 9.40. The van der Waals surface area contributed by atoms with Crippen LogP contribution in [-0.2, 0) is 6.54 Å². The maximum Gasteiger partial charge on any atom is 0.202 e. The molecule has 0 saturated carbocycles. The van der Waals surface area contributed by atoms with Crippen LogP contribution < -0.4 is 10.1 Å². The lowest BCUT2D eigenvalue weighted by Gasteiger charge is -2.18. The molecule has 4 heterocycles. The van der Waals surface area contributed by atoms with Gasteiger partial charge in [0.15, 0.2) is 17.9 Å². The number of benzene rings is 1. The summed E-state index contributed by atoms with van der Waals surface area (Å²) in [6.45, 7) is 6.47. The molecule has 2 aliphatic rings. The van der Waals surface area contributed by atoms with Gasteiger partial charge in [0.2, 0.25) is 5.95 Å². The third kappa shape index (κ3) is 4.44. The second-order valence-corrected chi connectivity index (χ2v) is 8.23. The SMILES string of the molecule is CCNc1nc2ncc(-c3ccc4c(c3)C[N+](C3=CC=NC=CC3CC)=CCCO4)cc2[nH]1. The van der Waals surface area contributed by atoms with E-state index in [-0.39, 0.29) is 0 Å². The van der Waals surface area contributed by atoms with Gasteiger partial charge in [-0.2, -0.15) is 4.98 Å². The summed E-state index contributed by atoms with van der Waals surface area (Å²) in [4.78, 5) is 16.7. The molecule has 2 aliphatic heterocycles. The van der Waals surface area contributed by atoms with E-state index >= 15 is 0 Å². The Balaban J connectivity index is 1.49. The molecule has 1 unspecified atom stereocenters. The Morgan fingerprint density at radius 3 is 3.03 bits per heavy atom. The quantitative estimate of drug-likeness (QED) is 0.550. The first kappa shape index (κ1) is 21.1. The summed E-state index contributed by atoms with van der Waals surface area (Å²) in [6, 6.07) is 8.51. The highest BCUT2D eigenvalue weighted by molar-refractivity contribution is 5.80. The average Bonchev–Trinajstić information content (AvgIpc) is 3.06. The number of ether oxygens (including phenoxy) is 1. The molecule has 3 aromatic rings. The number of hydrogen-bond acceptors (Lipinski definition) is 5. The lowest BCUT2D eigenvalue weighted by atomic mass is 9.99. The number of aromatic nitrogens is 3. The van der Waals surface area contributed by atoms with Gasteiger partial charge in [-0.1, -0.05) is 19.1 Å². The summed E-state index contributed by atoms with van der Waals surface area (Å²) in [5, 5.41) is 3.21. The second-order valence-electron chi connectivity index (χ2n) is 8.23. The van der Waals surface area contributed by atoms with Crippen molar-refractivity contribution in [1.82, 2.24) is 15.0 Å². The van der Waals surface area contributed by atoms with Crippen molar-refractivity contribution in [3.05, 3.63) is 60.1 Å². The molecule has 0 radical (unpaired) electrons. The number of allylic oxidation sites excluding steroid dienone is 2. The van der Waals surface area contributed by atoms with Gasteiger partial charge in [-0.05, 0) is 37.1 Å². The molecule has 0 aliphatic carbocycles. The van der Waals surface area contributed by atoms with E-state index in [1.165, 1.54) is 5.70 Å². The van der Waals surface area contributed by atoms with Crippen LogP contribution in [0.1, 0.15) is 32.3 Å². The number of rotatable bonds is 5. The van der Waals surface area contributed by atoms with Crippen LogP contribution in [-0.4, -0.2) is 45.1 Å². The van der Waals surface area contributed by atoms with Gasteiger partial charge in [0, 0.05) is 36.8 Å². The van der Waals surface area contributed by atoms with Gasteiger partial charge in [0.25, 0.3) is 0 Å². The normalized spacial score (nSPS) is 17.9. The summed E-state index contributed by atoms with van der Waals surface area (Å²) >= 11 is 0. The Kier molecular flexibility index (Phi) is 6.02. The molecule has 2 aromatic heterocycles. The highest BCUT2D eigenvalue weighted by atomic mass is 16.5. The van der Waals surface area contributed by atoms with Crippen molar-refractivity contribution in [2.24, 2.45) is 10.9 Å². The topological polar surface area (TPSA) is 78.2 Å². The molecule has 1 atom stereocenters. The number of anilines is 1. The van der Waals surface area contributed by atoms with E-state index in [1.807, 2.05) is 25.5 Å². The number of H-pyrrole nitrogens is 1. The van der Waals surface area contributed by atoms with Crippen molar-refractivity contribution in [2.75, 3.05) is 18.5 Å². The van der Waals surface area contributed by atoms with Crippen LogP contribution in [0, 0.1) is 5.92 Å². The molecule has 2 N–H and O–H groups in total.